The quantitative estimate of drug-likeness (QED) is 0.766. The first kappa shape index (κ1) is 18.7. The summed E-state index contributed by atoms with van der Waals surface area (Å²) in [6, 6.07) is 3.62. The SMILES string of the molecule is CS(=O)(=O)N1CCC(Nc2ncc3ccc(=O)n([C@@H]4CC=CC45CC5)c3n2)CC1. The molecule has 2 aliphatic carbocycles. The minimum atomic E-state index is -3.15. The van der Waals surface area contributed by atoms with Gasteiger partial charge in [0.15, 0.2) is 0 Å². The molecule has 3 aliphatic rings. The summed E-state index contributed by atoms with van der Waals surface area (Å²) in [6.07, 6.45) is 11.9. The van der Waals surface area contributed by atoms with E-state index in [1.807, 2.05) is 4.57 Å². The maximum Gasteiger partial charge on any atom is 0.252 e. The first-order chi connectivity index (χ1) is 13.9. The van der Waals surface area contributed by atoms with E-state index in [0.717, 1.165) is 24.6 Å². The van der Waals surface area contributed by atoms with E-state index in [-0.39, 0.29) is 23.1 Å². The average Bonchev–Trinajstić information content (AvgIpc) is 3.35. The summed E-state index contributed by atoms with van der Waals surface area (Å²) in [5.41, 5.74) is 0.766. The van der Waals surface area contributed by atoms with Crippen molar-refractivity contribution < 1.29 is 8.42 Å². The highest BCUT2D eigenvalue weighted by atomic mass is 32.2. The standard InChI is InChI=1S/C20H25N5O3S/c1-29(27,28)24-11-6-15(7-12-24)22-19-21-13-14-4-5-17(26)25(18(14)23-19)16-3-2-8-20(16)9-10-20/h2,4-5,8,13,15-16H,3,6-7,9-12H2,1H3,(H,21,22,23)/t16-/m1/s1. The number of fused-ring (bicyclic) bond motifs is 1. The van der Waals surface area contributed by atoms with Crippen molar-refractivity contribution in [3.63, 3.8) is 0 Å². The summed E-state index contributed by atoms with van der Waals surface area (Å²) in [5.74, 6) is 0.491. The van der Waals surface area contributed by atoms with Crippen molar-refractivity contribution in [2.45, 2.75) is 44.2 Å². The van der Waals surface area contributed by atoms with Gasteiger partial charge in [-0.05, 0) is 38.2 Å². The second kappa shape index (κ2) is 6.63. The molecule has 1 aliphatic heterocycles. The molecular formula is C20H25N5O3S. The van der Waals surface area contributed by atoms with Crippen LogP contribution >= 0.6 is 0 Å². The number of piperidine rings is 1. The Labute approximate surface area is 169 Å². The third-order valence-corrected chi connectivity index (χ3v) is 7.84. The minimum Gasteiger partial charge on any atom is -0.351 e. The Hall–Kier alpha value is -2.26. The molecule has 1 N–H and O–H groups in total. The molecule has 1 spiro atoms. The molecule has 5 rings (SSSR count). The van der Waals surface area contributed by atoms with E-state index in [2.05, 4.69) is 22.5 Å². The Kier molecular flexibility index (Phi) is 4.29. The molecule has 0 unspecified atom stereocenters. The van der Waals surface area contributed by atoms with E-state index >= 15 is 0 Å². The van der Waals surface area contributed by atoms with Crippen LogP contribution in [0.4, 0.5) is 5.95 Å². The molecule has 1 saturated heterocycles. The van der Waals surface area contributed by atoms with Gasteiger partial charge in [-0.1, -0.05) is 12.2 Å². The topological polar surface area (TPSA) is 97.2 Å². The monoisotopic (exact) mass is 415 g/mol. The van der Waals surface area contributed by atoms with Gasteiger partial charge in [0.1, 0.15) is 5.65 Å². The highest BCUT2D eigenvalue weighted by Crippen LogP contribution is 2.59. The smallest absolute Gasteiger partial charge is 0.252 e. The lowest BCUT2D eigenvalue weighted by Crippen LogP contribution is -2.42. The predicted octanol–water partition coefficient (Wildman–Crippen LogP) is 1.91. The fourth-order valence-electron chi connectivity index (χ4n) is 4.71. The van der Waals surface area contributed by atoms with Crippen molar-refractivity contribution in [3.05, 3.63) is 40.8 Å². The zero-order valence-electron chi connectivity index (χ0n) is 16.4. The maximum atomic E-state index is 12.8. The third-order valence-electron chi connectivity index (χ3n) is 6.53. The Balaban J connectivity index is 1.42. The van der Waals surface area contributed by atoms with Crippen LogP contribution in [-0.2, 0) is 10.0 Å². The first-order valence-corrected chi connectivity index (χ1v) is 12.0. The van der Waals surface area contributed by atoms with Gasteiger partial charge in [0.25, 0.3) is 5.56 Å². The van der Waals surface area contributed by atoms with Gasteiger partial charge in [0.05, 0.1) is 12.3 Å². The van der Waals surface area contributed by atoms with Crippen LogP contribution in [-0.4, -0.2) is 52.6 Å². The van der Waals surface area contributed by atoms with Gasteiger partial charge in [-0.25, -0.2) is 17.7 Å². The molecule has 29 heavy (non-hydrogen) atoms. The van der Waals surface area contributed by atoms with E-state index < -0.39 is 10.0 Å². The molecule has 2 aromatic heterocycles. The Bertz CT molecular complexity index is 1140. The molecule has 2 aromatic rings. The van der Waals surface area contributed by atoms with Gasteiger partial charge in [-0.2, -0.15) is 4.98 Å². The second-order valence-electron chi connectivity index (χ2n) is 8.48. The number of nitrogens with one attached hydrogen (secondary N) is 1. The molecule has 8 nitrogen and oxygen atoms in total. The molecule has 1 atom stereocenters. The molecule has 1 saturated carbocycles. The molecular weight excluding hydrogens is 390 g/mol. The first-order valence-electron chi connectivity index (χ1n) is 10.1. The average molecular weight is 416 g/mol. The summed E-state index contributed by atoms with van der Waals surface area (Å²) >= 11 is 0. The highest BCUT2D eigenvalue weighted by Gasteiger charge is 2.50. The van der Waals surface area contributed by atoms with Crippen molar-refractivity contribution in [3.8, 4) is 0 Å². The normalized spacial score (nSPS) is 24.4. The van der Waals surface area contributed by atoms with Gasteiger partial charge in [-0.15, -0.1) is 0 Å². The molecule has 0 amide bonds. The van der Waals surface area contributed by atoms with Crippen LogP contribution < -0.4 is 10.9 Å². The maximum absolute atomic E-state index is 12.8. The summed E-state index contributed by atoms with van der Waals surface area (Å²) in [7, 11) is -3.15. The van der Waals surface area contributed by atoms with Crippen molar-refractivity contribution in [1.29, 1.82) is 0 Å². The number of allylic oxidation sites excluding steroid dienone is 2. The molecule has 154 valence electrons. The number of rotatable bonds is 4. The number of sulfonamides is 1. The van der Waals surface area contributed by atoms with E-state index in [0.29, 0.717) is 37.5 Å². The number of aromatic nitrogens is 3. The highest BCUT2D eigenvalue weighted by molar-refractivity contribution is 7.88. The van der Waals surface area contributed by atoms with Gasteiger partial charge in [0, 0.05) is 42.2 Å². The van der Waals surface area contributed by atoms with E-state index in [4.69, 9.17) is 4.98 Å². The molecule has 3 heterocycles. The zero-order chi connectivity index (χ0) is 20.2. The number of hydrogen-bond acceptors (Lipinski definition) is 6. The summed E-state index contributed by atoms with van der Waals surface area (Å²) in [4.78, 5) is 21.9. The second-order valence-corrected chi connectivity index (χ2v) is 10.5. The fraction of sp³-hybridized carbons (Fsp3) is 0.550. The lowest BCUT2D eigenvalue weighted by Gasteiger charge is -2.30. The van der Waals surface area contributed by atoms with E-state index in [1.54, 1.807) is 18.3 Å². The fourth-order valence-corrected chi connectivity index (χ4v) is 5.58. The van der Waals surface area contributed by atoms with Crippen molar-refractivity contribution in [2.75, 3.05) is 24.7 Å². The zero-order valence-corrected chi connectivity index (χ0v) is 17.2. The third kappa shape index (κ3) is 3.36. The lowest BCUT2D eigenvalue weighted by molar-refractivity contribution is 0.331. The van der Waals surface area contributed by atoms with Gasteiger partial charge < -0.3 is 5.32 Å². The van der Waals surface area contributed by atoms with Crippen LogP contribution in [0, 0.1) is 5.41 Å². The van der Waals surface area contributed by atoms with Gasteiger partial charge in [0.2, 0.25) is 16.0 Å². The molecule has 0 radical (unpaired) electrons. The van der Waals surface area contributed by atoms with Crippen LogP contribution in [0.15, 0.2) is 35.3 Å². The number of pyridine rings is 1. The predicted molar refractivity (Wildman–Crippen MR) is 111 cm³/mol. The van der Waals surface area contributed by atoms with Crippen LogP contribution in [0.5, 0.6) is 0 Å². The van der Waals surface area contributed by atoms with Gasteiger partial charge >= 0.3 is 0 Å². The van der Waals surface area contributed by atoms with Crippen LogP contribution in [0.2, 0.25) is 0 Å². The number of nitrogens with zero attached hydrogens (tertiary/aromatic N) is 4. The van der Waals surface area contributed by atoms with Crippen molar-refractivity contribution >= 4 is 27.0 Å². The summed E-state index contributed by atoms with van der Waals surface area (Å²) < 4.78 is 26.7. The number of hydrogen-bond donors (Lipinski definition) is 1. The van der Waals surface area contributed by atoms with Crippen LogP contribution in [0.1, 0.15) is 38.1 Å². The summed E-state index contributed by atoms with van der Waals surface area (Å²) in [6.45, 7) is 0.982. The molecule has 9 heteroatoms. The van der Waals surface area contributed by atoms with Crippen molar-refractivity contribution in [1.82, 2.24) is 18.8 Å². The molecule has 0 aromatic carbocycles. The largest absolute Gasteiger partial charge is 0.351 e. The van der Waals surface area contributed by atoms with Crippen LogP contribution in [0.3, 0.4) is 0 Å². The Morgan fingerprint density at radius 1 is 1.21 bits per heavy atom. The molecule has 2 fully saturated rings. The summed E-state index contributed by atoms with van der Waals surface area (Å²) in [5, 5.41) is 4.20. The lowest BCUT2D eigenvalue weighted by atomic mass is 10.00. The Morgan fingerprint density at radius 2 is 1.97 bits per heavy atom. The Morgan fingerprint density at radius 3 is 2.66 bits per heavy atom. The van der Waals surface area contributed by atoms with E-state index in [9.17, 15) is 13.2 Å². The van der Waals surface area contributed by atoms with E-state index in [1.165, 1.54) is 10.6 Å². The molecule has 0 bridgehead atoms. The van der Waals surface area contributed by atoms with Gasteiger partial charge in [-0.3, -0.25) is 9.36 Å². The van der Waals surface area contributed by atoms with Crippen LogP contribution in [0.25, 0.3) is 11.0 Å². The number of anilines is 1. The van der Waals surface area contributed by atoms with Crippen molar-refractivity contribution in [2.24, 2.45) is 5.41 Å². The minimum absolute atomic E-state index is 0.0245.